The lowest BCUT2D eigenvalue weighted by atomic mass is 10.1. The highest BCUT2D eigenvalue weighted by Crippen LogP contribution is 2.24. The number of nitrogens with zero attached hydrogens (tertiary/aromatic N) is 2. The van der Waals surface area contributed by atoms with Crippen molar-refractivity contribution in [3.8, 4) is 0 Å². The number of rotatable bonds is 6. The average Bonchev–Trinajstić information content (AvgIpc) is 2.56. The number of hydrogen-bond donors (Lipinski definition) is 2. The highest BCUT2D eigenvalue weighted by Gasteiger charge is 2.05. The molecule has 0 saturated carbocycles. The fourth-order valence-corrected chi connectivity index (χ4v) is 2.66. The molecule has 23 heavy (non-hydrogen) atoms. The van der Waals surface area contributed by atoms with Gasteiger partial charge >= 0.3 is 0 Å². The van der Waals surface area contributed by atoms with Crippen molar-refractivity contribution < 1.29 is 0 Å². The van der Waals surface area contributed by atoms with E-state index < -0.39 is 0 Å². The van der Waals surface area contributed by atoms with Crippen LogP contribution in [0.2, 0.25) is 10.0 Å². The Balaban J connectivity index is 1.92. The van der Waals surface area contributed by atoms with E-state index >= 15 is 0 Å². The number of halogens is 2. The summed E-state index contributed by atoms with van der Waals surface area (Å²) in [4.78, 5) is 8.79. The quantitative estimate of drug-likeness (QED) is 0.617. The second-order valence-electron chi connectivity index (χ2n) is 4.89. The molecule has 0 aliphatic rings. The SMILES string of the molecule is CCNC(=NCc1ccccn1)NCCc1c(Cl)cccc1Cl. The molecule has 0 spiro atoms. The highest BCUT2D eigenvalue weighted by molar-refractivity contribution is 6.35. The molecule has 0 amide bonds. The summed E-state index contributed by atoms with van der Waals surface area (Å²) in [6.07, 6.45) is 2.50. The third-order valence-corrected chi connectivity index (χ3v) is 3.91. The Morgan fingerprint density at radius 1 is 1.09 bits per heavy atom. The van der Waals surface area contributed by atoms with Gasteiger partial charge in [0.05, 0.1) is 12.2 Å². The lowest BCUT2D eigenvalue weighted by Crippen LogP contribution is -2.38. The molecular formula is C17H20Cl2N4. The molecule has 1 heterocycles. The van der Waals surface area contributed by atoms with Gasteiger partial charge in [-0.05, 0) is 43.2 Å². The standard InChI is InChI=1S/C17H20Cl2N4/c1-2-20-17(23-12-13-6-3-4-10-21-13)22-11-9-14-15(18)7-5-8-16(14)19/h3-8,10H,2,9,11-12H2,1H3,(H2,20,22,23). The Morgan fingerprint density at radius 3 is 2.52 bits per heavy atom. The Morgan fingerprint density at radius 2 is 1.87 bits per heavy atom. The fourth-order valence-electron chi connectivity index (χ4n) is 2.07. The van der Waals surface area contributed by atoms with Gasteiger partial charge in [-0.1, -0.05) is 35.3 Å². The lowest BCUT2D eigenvalue weighted by Gasteiger charge is -2.12. The smallest absolute Gasteiger partial charge is 0.191 e. The second-order valence-corrected chi connectivity index (χ2v) is 5.71. The molecule has 0 aliphatic carbocycles. The molecule has 2 aromatic rings. The number of aliphatic imine (C=N–C) groups is 1. The van der Waals surface area contributed by atoms with Crippen LogP contribution in [-0.4, -0.2) is 24.0 Å². The van der Waals surface area contributed by atoms with Gasteiger partial charge in [0.15, 0.2) is 5.96 Å². The van der Waals surface area contributed by atoms with Gasteiger partial charge in [-0.3, -0.25) is 4.98 Å². The van der Waals surface area contributed by atoms with Crippen molar-refractivity contribution in [2.24, 2.45) is 4.99 Å². The molecule has 122 valence electrons. The van der Waals surface area contributed by atoms with Gasteiger partial charge in [0.1, 0.15) is 0 Å². The first-order valence-electron chi connectivity index (χ1n) is 7.55. The Kier molecular flexibility index (Phi) is 7.17. The summed E-state index contributed by atoms with van der Waals surface area (Å²) in [5.74, 6) is 0.751. The molecule has 0 atom stereocenters. The van der Waals surface area contributed by atoms with E-state index in [0.29, 0.717) is 23.1 Å². The van der Waals surface area contributed by atoms with E-state index in [1.807, 2.05) is 43.3 Å². The third kappa shape index (κ3) is 5.73. The molecule has 0 saturated heterocycles. The predicted octanol–water partition coefficient (Wildman–Crippen LogP) is 3.69. The molecule has 0 aliphatic heterocycles. The third-order valence-electron chi connectivity index (χ3n) is 3.20. The van der Waals surface area contributed by atoms with E-state index in [0.717, 1.165) is 30.2 Å². The second kappa shape index (κ2) is 9.38. The van der Waals surface area contributed by atoms with Crippen molar-refractivity contribution in [3.05, 3.63) is 63.9 Å². The molecule has 6 heteroatoms. The Bertz CT molecular complexity index is 624. The van der Waals surface area contributed by atoms with Gasteiger partial charge in [0.2, 0.25) is 0 Å². The zero-order valence-corrected chi connectivity index (χ0v) is 14.5. The molecule has 2 rings (SSSR count). The van der Waals surface area contributed by atoms with Gasteiger partial charge in [0.25, 0.3) is 0 Å². The van der Waals surface area contributed by atoms with Crippen LogP contribution in [0.5, 0.6) is 0 Å². The molecule has 0 unspecified atom stereocenters. The Labute approximate surface area is 146 Å². The zero-order valence-electron chi connectivity index (χ0n) is 13.0. The topological polar surface area (TPSA) is 49.3 Å². The van der Waals surface area contributed by atoms with Crippen molar-refractivity contribution >= 4 is 29.2 Å². The van der Waals surface area contributed by atoms with E-state index in [1.54, 1.807) is 6.20 Å². The molecule has 0 bridgehead atoms. The minimum atomic E-state index is 0.531. The summed E-state index contributed by atoms with van der Waals surface area (Å²) >= 11 is 12.4. The maximum absolute atomic E-state index is 6.18. The van der Waals surface area contributed by atoms with Crippen LogP contribution in [-0.2, 0) is 13.0 Å². The van der Waals surface area contributed by atoms with E-state index in [4.69, 9.17) is 23.2 Å². The molecule has 2 N–H and O–H groups in total. The fraction of sp³-hybridized carbons (Fsp3) is 0.294. The predicted molar refractivity (Wildman–Crippen MR) is 97.2 cm³/mol. The first kappa shape index (κ1) is 17.6. The average molecular weight is 351 g/mol. The van der Waals surface area contributed by atoms with Crippen LogP contribution in [0.1, 0.15) is 18.2 Å². The van der Waals surface area contributed by atoms with Crippen molar-refractivity contribution in [3.63, 3.8) is 0 Å². The van der Waals surface area contributed by atoms with Crippen molar-refractivity contribution in [1.29, 1.82) is 0 Å². The molecular weight excluding hydrogens is 331 g/mol. The van der Waals surface area contributed by atoms with Crippen LogP contribution in [0.4, 0.5) is 0 Å². The largest absolute Gasteiger partial charge is 0.357 e. The van der Waals surface area contributed by atoms with Gasteiger partial charge in [-0.15, -0.1) is 0 Å². The van der Waals surface area contributed by atoms with Crippen LogP contribution in [0.3, 0.4) is 0 Å². The van der Waals surface area contributed by atoms with Crippen molar-refractivity contribution in [2.45, 2.75) is 19.9 Å². The molecule has 1 aromatic carbocycles. The van der Waals surface area contributed by atoms with Crippen molar-refractivity contribution in [1.82, 2.24) is 15.6 Å². The summed E-state index contributed by atoms with van der Waals surface area (Å²) in [5, 5.41) is 7.88. The van der Waals surface area contributed by atoms with Crippen molar-refractivity contribution in [2.75, 3.05) is 13.1 Å². The minimum absolute atomic E-state index is 0.531. The number of aromatic nitrogens is 1. The maximum atomic E-state index is 6.18. The maximum Gasteiger partial charge on any atom is 0.191 e. The zero-order chi connectivity index (χ0) is 16.5. The van der Waals surface area contributed by atoms with Gasteiger partial charge in [-0.25, -0.2) is 4.99 Å². The summed E-state index contributed by atoms with van der Waals surface area (Å²) in [6.45, 7) is 4.05. The van der Waals surface area contributed by atoms with Crippen LogP contribution in [0, 0.1) is 0 Å². The number of hydrogen-bond acceptors (Lipinski definition) is 2. The summed E-state index contributed by atoms with van der Waals surface area (Å²) in [5.41, 5.74) is 1.88. The van der Waals surface area contributed by atoms with E-state index in [9.17, 15) is 0 Å². The van der Waals surface area contributed by atoms with Crippen LogP contribution >= 0.6 is 23.2 Å². The monoisotopic (exact) mass is 350 g/mol. The van der Waals surface area contributed by atoms with Gasteiger partial charge < -0.3 is 10.6 Å². The highest BCUT2D eigenvalue weighted by atomic mass is 35.5. The first-order chi connectivity index (χ1) is 11.2. The molecule has 0 fully saturated rings. The first-order valence-corrected chi connectivity index (χ1v) is 8.31. The number of nitrogens with one attached hydrogen (secondary N) is 2. The van der Waals surface area contributed by atoms with E-state index in [2.05, 4.69) is 20.6 Å². The summed E-state index contributed by atoms with van der Waals surface area (Å²) in [6, 6.07) is 11.4. The van der Waals surface area contributed by atoms with E-state index in [1.165, 1.54) is 0 Å². The van der Waals surface area contributed by atoms with Gasteiger partial charge in [-0.2, -0.15) is 0 Å². The Hall–Kier alpha value is -1.78. The lowest BCUT2D eigenvalue weighted by molar-refractivity contribution is 0.797. The summed E-state index contributed by atoms with van der Waals surface area (Å²) < 4.78 is 0. The summed E-state index contributed by atoms with van der Waals surface area (Å²) in [7, 11) is 0. The molecule has 1 aromatic heterocycles. The van der Waals surface area contributed by atoms with Gasteiger partial charge in [0, 0.05) is 29.3 Å². The molecule has 0 radical (unpaired) electrons. The number of benzene rings is 1. The van der Waals surface area contributed by atoms with Crippen LogP contribution in [0.15, 0.2) is 47.6 Å². The minimum Gasteiger partial charge on any atom is -0.357 e. The van der Waals surface area contributed by atoms with Crippen LogP contribution in [0.25, 0.3) is 0 Å². The molecule has 4 nitrogen and oxygen atoms in total. The normalized spacial score (nSPS) is 11.3. The number of guanidine groups is 1. The number of pyridine rings is 1. The van der Waals surface area contributed by atoms with E-state index in [-0.39, 0.29) is 0 Å². The van der Waals surface area contributed by atoms with Crippen LogP contribution < -0.4 is 10.6 Å².